The zero-order valence-corrected chi connectivity index (χ0v) is 12.6. The van der Waals surface area contributed by atoms with E-state index in [1.165, 1.54) is 30.4 Å². The van der Waals surface area contributed by atoms with Gasteiger partial charge in [0, 0.05) is 6.42 Å². The van der Waals surface area contributed by atoms with Gasteiger partial charge in [-0.05, 0) is 48.3 Å². The highest BCUT2D eigenvalue weighted by Gasteiger charge is 2.33. The van der Waals surface area contributed by atoms with Gasteiger partial charge in [0.15, 0.2) is 0 Å². The van der Waals surface area contributed by atoms with E-state index in [-0.39, 0.29) is 5.41 Å². The Hall–Kier alpha value is -1.51. The van der Waals surface area contributed by atoms with Crippen molar-refractivity contribution in [1.82, 2.24) is 0 Å². The number of hydrogen-bond acceptors (Lipinski definition) is 2. The molecule has 0 saturated heterocycles. The van der Waals surface area contributed by atoms with Crippen LogP contribution >= 0.6 is 0 Å². The van der Waals surface area contributed by atoms with Crippen molar-refractivity contribution >= 4 is 5.97 Å². The number of carbonyl (C=O) groups is 1. The molecule has 0 spiro atoms. The second-order valence-electron chi connectivity index (χ2n) is 6.67. The largest absolute Gasteiger partial charge is 0.493 e. The minimum absolute atomic E-state index is 0.0274. The average Bonchev–Trinajstić information content (AvgIpc) is 2.93. The van der Waals surface area contributed by atoms with E-state index in [1.807, 2.05) is 0 Å². The summed E-state index contributed by atoms with van der Waals surface area (Å²) in [6, 6.07) is 6.46. The molecule has 0 radical (unpaired) electrons. The number of aryl methyl sites for hydroxylation is 1. The molecule has 2 aliphatic rings. The van der Waals surface area contributed by atoms with Gasteiger partial charge in [0.05, 0.1) is 13.0 Å². The van der Waals surface area contributed by atoms with Crippen LogP contribution in [0.5, 0.6) is 5.75 Å². The second-order valence-corrected chi connectivity index (χ2v) is 6.67. The summed E-state index contributed by atoms with van der Waals surface area (Å²) in [6.07, 6.45) is 9.11. The van der Waals surface area contributed by atoms with Gasteiger partial charge in [-0.15, -0.1) is 0 Å². The summed E-state index contributed by atoms with van der Waals surface area (Å²) in [5.74, 6) is 0.385. The molecule has 1 N–H and O–H groups in total. The Morgan fingerprint density at radius 2 is 2.05 bits per heavy atom. The molecule has 0 aromatic heterocycles. The second kappa shape index (κ2) is 6.08. The molecule has 1 aromatic carbocycles. The monoisotopic (exact) mass is 288 g/mol. The van der Waals surface area contributed by atoms with Gasteiger partial charge in [0.1, 0.15) is 5.75 Å². The van der Waals surface area contributed by atoms with Crippen LogP contribution in [0.25, 0.3) is 0 Å². The van der Waals surface area contributed by atoms with Crippen LogP contribution < -0.4 is 4.74 Å². The van der Waals surface area contributed by atoms with Gasteiger partial charge in [-0.3, -0.25) is 4.79 Å². The molecule has 3 rings (SSSR count). The maximum atomic E-state index is 11.2. The molecular formula is C18H24O3. The van der Waals surface area contributed by atoms with Crippen molar-refractivity contribution < 1.29 is 14.6 Å². The lowest BCUT2D eigenvalue weighted by Crippen LogP contribution is -2.28. The van der Waals surface area contributed by atoms with Gasteiger partial charge in [-0.25, -0.2) is 0 Å². The highest BCUT2D eigenvalue weighted by molar-refractivity contribution is 5.67. The smallest absolute Gasteiger partial charge is 0.303 e. The van der Waals surface area contributed by atoms with Gasteiger partial charge < -0.3 is 9.84 Å². The first-order valence-electron chi connectivity index (χ1n) is 8.13. The van der Waals surface area contributed by atoms with Crippen molar-refractivity contribution in [3.63, 3.8) is 0 Å². The fourth-order valence-corrected chi connectivity index (χ4v) is 3.94. The first-order valence-corrected chi connectivity index (χ1v) is 8.13. The molecule has 3 nitrogen and oxygen atoms in total. The van der Waals surface area contributed by atoms with Gasteiger partial charge in [-0.2, -0.15) is 0 Å². The number of fused-ring (bicyclic) bond motifs is 1. The van der Waals surface area contributed by atoms with E-state index in [0.29, 0.717) is 6.42 Å². The first kappa shape index (κ1) is 14.4. The Labute approximate surface area is 126 Å². The number of carboxylic acids is 1. The summed E-state index contributed by atoms with van der Waals surface area (Å²) in [4.78, 5) is 11.2. The Kier molecular flexibility index (Phi) is 4.18. The zero-order chi connectivity index (χ0) is 14.7. The lowest BCUT2D eigenvalue weighted by atomic mass is 9.68. The van der Waals surface area contributed by atoms with Crippen molar-refractivity contribution in [2.24, 2.45) is 5.41 Å². The third-order valence-electron chi connectivity index (χ3n) is 5.14. The van der Waals surface area contributed by atoms with E-state index in [4.69, 9.17) is 4.74 Å². The Bertz CT molecular complexity index is 515. The molecular weight excluding hydrogens is 264 g/mol. The standard InChI is InChI=1S/C18H24O3/c19-17(20)13-18(8-2-1-3-9-18)10-6-14-4-5-16-15(12-14)7-11-21-16/h4-5,12H,1-3,6-11,13H2,(H,19,20). The molecule has 0 amide bonds. The number of carboxylic acid groups (broad SMARTS) is 1. The predicted octanol–water partition coefficient (Wildman–Crippen LogP) is 3.98. The van der Waals surface area contributed by atoms with Crippen molar-refractivity contribution in [3.05, 3.63) is 29.3 Å². The number of aliphatic carboxylic acids is 1. The predicted molar refractivity (Wildman–Crippen MR) is 81.7 cm³/mol. The minimum atomic E-state index is -0.640. The number of ether oxygens (including phenoxy) is 1. The fourth-order valence-electron chi connectivity index (χ4n) is 3.94. The molecule has 0 atom stereocenters. The Morgan fingerprint density at radius 3 is 2.81 bits per heavy atom. The highest BCUT2D eigenvalue weighted by atomic mass is 16.5. The van der Waals surface area contributed by atoms with Crippen LogP contribution in [0.3, 0.4) is 0 Å². The van der Waals surface area contributed by atoms with Gasteiger partial charge in [-0.1, -0.05) is 31.4 Å². The van der Waals surface area contributed by atoms with E-state index in [9.17, 15) is 9.90 Å². The normalized spacial score (nSPS) is 19.8. The van der Waals surface area contributed by atoms with E-state index in [2.05, 4.69) is 18.2 Å². The van der Waals surface area contributed by atoms with Crippen LogP contribution in [0, 0.1) is 5.41 Å². The quantitative estimate of drug-likeness (QED) is 0.891. The number of rotatable bonds is 5. The SMILES string of the molecule is O=C(O)CC1(CCc2ccc3c(c2)CCO3)CCCCC1. The van der Waals surface area contributed by atoms with Crippen molar-refractivity contribution in [3.8, 4) is 5.75 Å². The Balaban J connectivity index is 1.67. The number of benzene rings is 1. The lowest BCUT2D eigenvalue weighted by molar-refractivity contribution is -0.140. The molecule has 1 saturated carbocycles. The molecule has 0 bridgehead atoms. The van der Waals surface area contributed by atoms with E-state index in [1.54, 1.807) is 0 Å². The van der Waals surface area contributed by atoms with Crippen molar-refractivity contribution in [2.75, 3.05) is 6.61 Å². The average molecular weight is 288 g/mol. The van der Waals surface area contributed by atoms with Crippen LogP contribution in [-0.4, -0.2) is 17.7 Å². The molecule has 1 aromatic rings. The summed E-state index contributed by atoms with van der Waals surface area (Å²) in [7, 11) is 0. The zero-order valence-electron chi connectivity index (χ0n) is 12.6. The maximum Gasteiger partial charge on any atom is 0.303 e. The molecule has 114 valence electrons. The molecule has 1 heterocycles. The van der Waals surface area contributed by atoms with E-state index >= 15 is 0 Å². The molecule has 1 aliphatic heterocycles. The third kappa shape index (κ3) is 3.39. The fraction of sp³-hybridized carbons (Fsp3) is 0.611. The third-order valence-corrected chi connectivity index (χ3v) is 5.14. The van der Waals surface area contributed by atoms with E-state index < -0.39 is 5.97 Å². The molecule has 1 aliphatic carbocycles. The van der Waals surface area contributed by atoms with Crippen LogP contribution in [-0.2, 0) is 17.6 Å². The number of hydrogen-bond donors (Lipinski definition) is 1. The van der Waals surface area contributed by atoms with Crippen molar-refractivity contribution in [1.29, 1.82) is 0 Å². The summed E-state index contributed by atoms with van der Waals surface area (Å²) in [5.41, 5.74) is 2.66. The molecule has 0 unspecified atom stereocenters. The van der Waals surface area contributed by atoms with Crippen LogP contribution in [0.2, 0.25) is 0 Å². The summed E-state index contributed by atoms with van der Waals surface area (Å²) >= 11 is 0. The van der Waals surface area contributed by atoms with Crippen LogP contribution in [0.15, 0.2) is 18.2 Å². The van der Waals surface area contributed by atoms with Crippen molar-refractivity contribution in [2.45, 2.75) is 57.8 Å². The Morgan fingerprint density at radius 1 is 1.24 bits per heavy atom. The summed E-state index contributed by atoms with van der Waals surface area (Å²) in [6.45, 7) is 0.793. The molecule has 1 fully saturated rings. The minimum Gasteiger partial charge on any atom is -0.493 e. The van der Waals surface area contributed by atoms with E-state index in [0.717, 1.165) is 44.5 Å². The summed E-state index contributed by atoms with van der Waals surface area (Å²) in [5, 5.41) is 9.24. The topological polar surface area (TPSA) is 46.5 Å². The lowest BCUT2D eigenvalue weighted by Gasteiger charge is -2.36. The molecule has 21 heavy (non-hydrogen) atoms. The maximum absolute atomic E-state index is 11.2. The van der Waals surface area contributed by atoms with Gasteiger partial charge in [0.2, 0.25) is 0 Å². The van der Waals surface area contributed by atoms with Crippen LogP contribution in [0.4, 0.5) is 0 Å². The van der Waals surface area contributed by atoms with Gasteiger partial charge in [0.25, 0.3) is 0 Å². The first-order chi connectivity index (χ1) is 10.2. The van der Waals surface area contributed by atoms with Gasteiger partial charge >= 0.3 is 5.97 Å². The highest BCUT2D eigenvalue weighted by Crippen LogP contribution is 2.43. The van der Waals surface area contributed by atoms with Crippen LogP contribution in [0.1, 0.15) is 56.1 Å². The molecule has 3 heteroatoms. The summed E-state index contributed by atoms with van der Waals surface area (Å²) < 4.78 is 5.54.